The van der Waals surface area contributed by atoms with Gasteiger partial charge in [0.05, 0.1) is 15.7 Å². The predicted octanol–water partition coefficient (Wildman–Crippen LogP) is 3.20. The van der Waals surface area contributed by atoms with E-state index in [1.54, 1.807) is 6.07 Å². The zero-order chi connectivity index (χ0) is 15.2. The first kappa shape index (κ1) is 15.1. The molecule has 21 heavy (non-hydrogen) atoms. The molecule has 3 rings (SSSR count). The third kappa shape index (κ3) is 3.04. The highest BCUT2D eigenvalue weighted by molar-refractivity contribution is 6.36. The maximum Gasteiger partial charge on any atom is 0.156 e. The molecule has 2 aromatic heterocycles. The van der Waals surface area contributed by atoms with Crippen LogP contribution in [0.15, 0.2) is 18.5 Å². The Morgan fingerprint density at radius 3 is 2.86 bits per heavy atom. The van der Waals surface area contributed by atoms with Crippen LogP contribution in [0.1, 0.15) is 26.0 Å². The van der Waals surface area contributed by atoms with Gasteiger partial charge in [-0.1, -0.05) is 37.0 Å². The van der Waals surface area contributed by atoms with Gasteiger partial charge in [0.25, 0.3) is 0 Å². The summed E-state index contributed by atoms with van der Waals surface area (Å²) in [5.74, 6) is 0. The molecule has 1 atom stereocenters. The molecule has 0 spiro atoms. The molecule has 1 unspecified atom stereocenters. The van der Waals surface area contributed by atoms with Gasteiger partial charge in [-0.05, 0) is 17.9 Å². The first-order valence-electron chi connectivity index (χ1n) is 7.16. The fraction of sp³-hybridized carbons (Fsp3) is 0.533. The number of rotatable bonds is 2. The van der Waals surface area contributed by atoms with Crippen molar-refractivity contribution in [2.45, 2.75) is 32.9 Å². The van der Waals surface area contributed by atoms with Gasteiger partial charge < -0.3 is 10.1 Å². The third-order valence-electron chi connectivity index (χ3n) is 4.30. The van der Waals surface area contributed by atoms with Crippen LogP contribution in [0.4, 0.5) is 0 Å². The minimum Gasteiger partial charge on any atom is -0.327 e. The molecule has 0 aliphatic carbocycles. The number of imidazole rings is 1. The Hall–Kier alpha value is -0.810. The molecule has 114 valence electrons. The van der Waals surface area contributed by atoms with Gasteiger partial charge in [0.15, 0.2) is 5.65 Å². The average molecular weight is 327 g/mol. The van der Waals surface area contributed by atoms with Crippen molar-refractivity contribution in [2.24, 2.45) is 11.1 Å². The van der Waals surface area contributed by atoms with E-state index in [1.807, 2.05) is 16.8 Å². The first-order valence-corrected chi connectivity index (χ1v) is 7.91. The van der Waals surface area contributed by atoms with E-state index in [-0.39, 0.29) is 11.5 Å². The average Bonchev–Trinajstić information content (AvgIpc) is 2.76. The lowest BCUT2D eigenvalue weighted by atomic mass is 9.80. The van der Waals surface area contributed by atoms with E-state index in [0.717, 1.165) is 37.4 Å². The van der Waals surface area contributed by atoms with Crippen molar-refractivity contribution in [3.63, 3.8) is 0 Å². The number of likely N-dealkylation sites (tertiary alicyclic amines) is 1. The van der Waals surface area contributed by atoms with Crippen LogP contribution >= 0.6 is 23.2 Å². The third-order valence-corrected chi connectivity index (χ3v) is 4.78. The van der Waals surface area contributed by atoms with E-state index < -0.39 is 0 Å². The molecule has 0 radical (unpaired) electrons. The van der Waals surface area contributed by atoms with Crippen LogP contribution in [-0.2, 0) is 6.54 Å². The Morgan fingerprint density at radius 2 is 2.14 bits per heavy atom. The summed E-state index contributed by atoms with van der Waals surface area (Å²) in [6.45, 7) is 7.25. The predicted molar refractivity (Wildman–Crippen MR) is 86.9 cm³/mol. The van der Waals surface area contributed by atoms with Gasteiger partial charge in [-0.3, -0.25) is 4.90 Å². The summed E-state index contributed by atoms with van der Waals surface area (Å²) < 4.78 is 1.89. The molecule has 1 aliphatic heterocycles. The van der Waals surface area contributed by atoms with Crippen LogP contribution in [0.2, 0.25) is 10.0 Å². The van der Waals surface area contributed by atoms with Crippen molar-refractivity contribution in [3.05, 3.63) is 34.2 Å². The SMILES string of the molecule is CC1(C)CN(Cc2cn3cc(Cl)cc(Cl)c3n2)CCC1N. The minimum absolute atomic E-state index is 0.137. The number of nitrogens with zero attached hydrogens (tertiary/aromatic N) is 3. The van der Waals surface area contributed by atoms with Gasteiger partial charge in [0, 0.05) is 38.1 Å². The van der Waals surface area contributed by atoms with Crippen molar-refractivity contribution in [1.82, 2.24) is 14.3 Å². The summed E-state index contributed by atoms with van der Waals surface area (Å²) in [6, 6.07) is 1.99. The van der Waals surface area contributed by atoms with E-state index in [9.17, 15) is 0 Å². The Labute approximate surface area is 134 Å². The first-order chi connectivity index (χ1) is 9.85. The second kappa shape index (κ2) is 5.43. The van der Waals surface area contributed by atoms with E-state index in [2.05, 4.69) is 23.7 Å². The highest BCUT2D eigenvalue weighted by Crippen LogP contribution is 2.29. The molecule has 2 N–H and O–H groups in total. The summed E-state index contributed by atoms with van der Waals surface area (Å²) in [5.41, 5.74) is 8.08. The Bertz CT molecular complexity index is 665. The lowest BCUT2D eigenvalue weighted by Crippen LogP contribution is -2.52. The molecular formula is C15H20Cl2N4. The van der Waals surface area contributed by atoms with Gasteiger partial charge in [-0.2, -0.15) is 0 Å². The second-order valence-electron chi connectivity index (χ2n) is 6.56. The van der Waals surface area contributed by atoms with Gasteiger partial charge in [0.1, 0.15) is 0 Å². The fourth-order valence-corrected chi connectivity index (χ4v) is 3.53. The number of aromatic nitrogens is 2. The van der Waals surface area contributed by atoms with Crippen molar-refractivity contribution < 1.29 is 0 Å². The lowest BCUT2D eigenvalue weighted by molar-refractivity contribution is 0.0890. The molecule has 6 heteroatoms. The molecule has 0 amide bonds. The van der Waals surface area contributed by atoms with Crippen molar-refractivity contribution in [3.8, 4) is 0 Å². The maximum atomic E-state index is 6.19. The van der Waals surface area contributed by atoms with Gasteiger partial charge >= 0.3 is 0 Å². The van der Waals surface area contributed by atoms with E-state index in [4.69, 9.17) is 28.9 Å². The number of fused-ring (bicyclic) bond motifs is 1. The summed E-state index contributed by atoms with van der Waals surface area (Å²) in [5, 5.41) is 1.19. The number of hydrogen-bond donors (Lipinski definition) is 1. The smallest absolute Gasteiger partial charge is 0.156 e. The maximum absolute atomic E-state index is 6.19. The van der Waals surface area contributed by atoms with Gasteiger partial charge in [0.2, 0.25) is 0 Å². The summed E-state index contributed by atoms with van der Waals surface area (Å²) >= 11 is 12.2. The Kier molecular flexibility index (Phi) is 3.91. The fourth-order valence-electron chi connectivity index (χ4n) is 3.00. The number of piperidine rings is 1. The number of hydrogen-bond acceptors (Lipinski definition) is 3. The van der Waals surface area contributed by atoms with Crippen LogP contribution in [0.25, 0.3) is 5.65 Å². The Balaban J connectivity index is 1.81. The van der Waals surface area contributed by atoms with Crippen molar-refractivity contribution in [1.29, 1.82) is 0 Å². The van der Waals surface area contributed by atoms with Crippen LogP contribution in [0.3, 0.4) is 0 Å². The molecule has 1 saturated heterocycles. The van der Waals surface area contributed by atoms with Crippen LogP contribution < -0.4 is 5.73 Å². The van der Waals surface area contributed by atoms with Gasteiger partial charge in [-0.15, -0.1) is 0 Å². The standard InChI is InChI=1S/C15H20Cl2N4/c1-15(2)9-20(4-3-13(15)18)7-11-8-21-6-10(16)5-12(17)14(21)19-11/h5-6,8,13H,3-4,7,9,18H2,1-2H3. The molecule has 0 aromatic carbocycles. The van der Waals surface area contributed by atoms with Crippen LogP contribution in [0.5, 0.6) is 0 Å². The van der Waals surface area contributed by atoms with E-state index in [1.165, 1.54) is 0 Å². The molecule has 1 aliphatic rings. The molecule has 1 fully saturated rings. The molecule has 3 heterocycles. The minimum atomic E-state index is 0.137. The molecular weight excluding hydrogens is 307 g/mol. The Morgan fingerprint density at radius 1 is 1.38 bits per heavy atom. The summed E-state index contributed by atoms with van der Waals surface area (Å²) in [7, 11) is 0. The monoisotopic (exact) mass is 326 g/mol. The largest absolute Gasteiger partial charge is 0.327 e. The molecule has 0 bridgehead atoms. The molecule has 2 aromatic rings. The van der Waals surface area contributed by atoms with Crippen LogP contribution in [-0.4, -0.2) is 33.4 Å². The quantitative estimate of drug-likeness (QED) is 0.921. The normalized spacial score (nSPS) is 22.8. The van der Waals surface area contributed by atoms with E-state index >= 15 is 0 Å². The van der Waals surface area contributed by atoms with E-state index in [0.29, 0.717) is 10.0 Å². The highest BCUT2D eigenvalue weighted by Gasteiger charge is 2.33. The van der Waals surface area contributed by atoms with Crippen LogP contribution in [0, 0.1) is 5.41 Å². The summed E-state index contributed by atoms with van der Waals surface area (Å²) in [6.07, 6.45) is 4.84. The highest BCUT2D eigenvalue weighted by atomic mass is 35.5. The lowest BCUT2D eigenvalue weighted by Gasteiger charge is -2.42. The van der Waals surface area contributed by atoms with Crippen molar-refractivity contribution in [2.75, 3.05) is 13.1 Å². The molecule has 0 saturated carbocycles. The number of nitrogens with two attached hydrogens (primary N) is 1. The number of halogens is 2. The van der Waals surface area contributed by atoms with Crippen molar-refractivity contribution >= 4 is 28.8 Å². The number of pyridine rings is 1. The topological polar surface area (TPSA) is 46.6 Å². The zero-order valence-electron chi connectivity index (χ0n) is 12.3. The summed E-state index contributed by atoms with van der Waals surface area (Å²) in [4.78, 5) is 7.02. The van der Waals surface area contributed by atoms with Gasteiger partial charge in [-0.25, -0.2) is 4.98 Å². The molecule has 4 nitrogen and oxygen atoms in total. The second-order valence-corrected chi connectivity index (χ2v) is 7.41. The zero-order valence-corrected chi connectivity index (χ0v) is 13.8.